The van der Waals surface area contributed by atoms with E-state index in [1.165, 1.54) is 23.5 Å². The summed E-state index contributed by atoms with van der Waals surface area (Å²) < 4.78 is 24.3. The van der Waals surface area contributed by atoms with Crippen LogP contribution in [0.5, 0.6) is 0 Å². The van der Waals surface area contributed by atoms with Gasteiger partial charge in [-0.2, -0.15) is 0 Å². The van der Waals surface area contributed by atoms with Crippen LogP contribution in [0.3, 0.4) is 0 Å². The molecule has 7 nitrogen and oxygen atoms in total. The van der Waals surface area contributed by atoms with Crippen LogP contribution in [0, 0.1) is 6.92 Å². The van der Waals surface area contributed by atoms with Crippen molar-refractivity contribution in [2.45, 2.75) is 18.2 Å². The Morgan fingerprint density at radius 2 is 1.88 bits per heavy atom. The van der Waals surface area contributed by atoms with Crippen LogP contribution in [0.4, 0.5) is 0 Å². The molecule has 0 bridgehead atoms. The van der Waals surface area contributed by atoms with Crippen molar-refractivity contribution in [1.29, 1.82) is 0 Å². The molecule has 0 saturated heterocycles. The highest BCUT2D eigenvalue weighted by molar-refractivity contribution is 7.89. The average Bonchev–Trinajstić information content (AvgIpc) is 3.23. The fourth-order valence-electron chi connectivity index (χ4n) is 2.41. The summed E-state index contributed by atoms with van der Waals surface area (Å²) in [6, 6.07) is 10.1. The van der Waals surface area contributed by atoms with Gasteiger partial charge in [-0.25, -0.2) is 18.5 Å². The lowest BCUT2D eigenvalue weighted by molar-refractivity contribution is 0.0957. The van der Waals surface area contributed by atoms with Crippen molar-refractivity contribution >= 4 is 27.3 Å². The summed E-state index contributed by atoms with van der Waals surface area (Å²) in [6.07, 6.45) is 4.34. The summed E-state index contributed by atoms with van der Waals surface area (Å²) in [4.78, 5) is 17.5. The Labute approximate surface area is 155 Å². The number of benzene rings is 1. The van der Waals surface area contributed by atoms with Gasteiger partial charge in [-0.3, -0.25) is 4.79 Å². The molecule has 0 radical (unpaired) electrons. The van der Waals surface area contributed by atoms with Gasteiger partial charge in [0.05, 0.1) is 10.6 Å². The fraction of sp³-hybridized carbons (Fsp3) is 0.176. The smallest absolute Gasteiger partial charge is 0.263 e. The third-order valence-corrected chi connectivity index (χ3v) is 5.87. The molecular formula is C17H18N4O3S2. The zero-order valence-electron chi connectivity index (χ0n) is 14.0. The normalized spacial score (nSPS) is 11.5. The Kier molecular flexibility index (Phi) is 5.21. The van der Waals surface area contributed by atoms with Gasteiger partial charge in [-0.15, -0.1) is 0 Å². The number of amides is 1. The van der Waals surface area contributed by atoms with Crippen LogP contribution in [-0.4, -0.2) is 30.4 Å². The first-order valence-corrected chi connectivity index (χ1v) is 10.2. The molecule has 136 valence electrons. The monoisotopic (exact) mass is 390 g/mol. The average molecular weight is 390 g/mol. The number of aromatic nitrogens is 2. The minimum absolute atomic E-state index is 0.0723. The molecule has 0 aliphatic carbocycles. The number of sulfonamides is 1. The first-order valence-electron chi connectivity index (χ1n) is 7.85. The van der Waals surface area contributed by atoms with Gasteiger partial charge in [0.25, 0.3) is 5.91 Å². The van der Waals surface area contributed by atoms with Crippen molar-refractivity contribution in [2.24, 2.45) is 5.14 Å². The molecule has 0 aliphatic heterocycles. The van der Waals surface area contributed by atoms with Gasteiger partial charge in [-0.05, 0) is 43.2 Å². The van der Waals surface area contributed by atoms with Crippen molar-refractivity contribution in [3.63, 3.8) is 0 Å². The number of rotatable bonds is 6. The third kappa shape index (κ3) is 4.18. The number of nitrogens with two attached hydrogens (primary N) is 1. The van der Waals surface area contributed by atoms with Crippen LogP contribution in [0.25, 0.3) is 5.13 Å². The summed E-state index contributed by atoms with van der Waals surface area (Å²) in [5.74, 6) is -0.167. The summed E-state index contributed by atoms with van der Waals surface area (Å²) >= 11 is 1.34. The zero-order valence-corrected chi connectivity index (χ0v) is 15.7. The summed E-state index contributed by atoms with van der Waals surface area (Å²) in [5, 5.41) is 8.69. The standard InChI is InChI=1S/C17H18N4O3S2/c1-12-15(25-17(20-12)21-10-2-3-11-21)16(22)19-9-8-13-4-6-14(7-5-13)26(18,23)24/h2-7,10-11H,8-9H2,1H3,(H,19,22)(H2,18,23,24). The van der Waals surface area contributed by atoms with Gasteiger partial charge in [0.1, 0.15) is 4.88 Å². The van der Waals surface area contributed by atoms with Crippen LogP contribution >= 0.6 is 11.3 Å². The van der Waals surface area contributed by atoms with Crippen molar-refractivity contribution in [3.8, 4) is 5.13 Å². The maximum Gasteiger partial charge on any atom is 0.263 e. The third-order valence-electron chi connectivity index (χ3n) is 3.77. The quantitative estimate of drug-likeness (QED) is 0.670. The fourth-order valence-corrected chi connectivity index (χ4v) is 3.88. The number of thiazole rings is 1. The molecule has 0 unspecified atom stereocenters. The Morgan fingerprint density at radius 1 is 1.23 bits per heavy atom. The van der Waals surface area contributed by atoms with E-state index >= 15 is 0 Å². The molecule has 3 aromatic rings. The van der Waals surface area contributed by atoms with Gasteiger partial charge in [0.2, 0.25) is 10.0 Å². The van der Waals surface area contributed by atoms with Crippen LogP contribution in [0.1, 0.15) is 20.9 Å². The molecular weight excluding hydrogens is 372 g/mol. The number of aryl methyl sites for hydroxylation is 1. The van der Waals surface area contributed by atoms with E-state index < -0.39 is 10.0 Å². The summed E-state index contributed by atoms with van der Waals surface area (Å²) in [5.41, 5.74) is 1.60. The van der Waals surface area contributed by atoms with E-state index in [0.29, 0.717) is 23.5 Å². The second-order valence-electron chi connectivity index (χ2n) is 5.70. The topological polar surface area (TPSA) is 107 Å². The van der Waals surface area contributed by atoms with E-state index in [0.717, 1.165) is 10.7 Å². The second kappa shape index (κ2) is 7.40. The molecule has 1 aromatic carbocycles. The Hall–Kier alpha value is -2.49. The van der Waals surface area contributed by atoms with E-state index in [1.807, 2.05) is 36.0 Å². The predicted octanol–water partition coefficient (Wildman–Crippen LogP) is 1.86. The highest BCUT2D eigenvalue weighted by Crippen LogP contribution is 2.21. The summed E-state index contributed by atoms with van der Waals surface area (Å²) in [6.45, 7) is 2.24. The Morgan fingerprint density at radius 3 is 2.50 bits per heavy atom. The van der Waals surface area contributed by atoms with E-state index in [9.17, 15) is 13.2 Å². The molecule has 2 heterocycles. The number of nitrogens with zero attached hydrogens (tertiary/aromatic N) is 2. The number of carbonyl (C=O) groups is 1. The predicted molar refractivity (Wildman–Crippen MR) is 100 cm³/mol. The highest BCUT2D eigenvalue weighted by Gasteiger charge is 2.15. The highest BCUT2D eigenvalue weighted by atomic mass is 32.2. The lowest BCUT2D eigenvalue weighted by Gasteiger charge is -2.05. The minimum Gasteiger partial charge on any atom is -0.351 e. The van der Waals surface area contributed by atoms with Crippen LogP contribution < -0.4 is 10.5 Å². The molecule has 26 heavy (non-hydrogen) atoms. The van der Waals surface area contributed by atoms with Crippen molar-refractivity contribution in [3.05, 3.63) is 64.9 Å². The minimum atomic E-state index is -3.69. The number of primary sulfonamides is 1. The zero-order chi connectivity index (χ0) is 18.7. The van der Waals surface area contributed by atoms with Crippen LogP contribution in [0.15, 0.2) is 53.7 Å². The SMILES string of the molecule is Cc1nc(-n2cccc2)sc1C(=O)NCCc1ccc(S(N)(=O)=O)cc1. The molecule has 0 fully saturated rings. The molecule has 3 N–H and O–H groups in total. The largest absolute Gasteiger partial charge is 0.351 e. The maximum atomic E-state index is 12.4. The molecule has 3 rings (SSSR count). The second-order valence-corrected chi connectivity index (χ2v) is 8.24. The lowest BCUT2D eigenvalue weighted by Crippen LogP contribution is -2.25. The molecule has 0 spiro atoms. The van der Waals surface area contributed by atoms with Gasteiger partial charge in [0, 0.05) is 18.9 Å². The Balaban J connectivity index is 1.59. The van der Waals surface area contributed by atoms with Crippen LogP contribution in [-0.2, 0) is 16.4 Å². The van der Waals surface area contributed by atoms with E-state index in [2.05, 4.69) is 10.3 Å². The number of carbonyl (C=O) groups excluding carboxylic acids is 1. The van der Waals surface area contributed by atoms with Gasteiger partial charge < -0.3 is 9.88 Å². The molecule has 0 atom stereocenters. The van der Waals surface area contributed by atoms with Gasteiger partial charge in [0.15, 0.2) is 5.13 Å². The molecule has 1 amide bonds. The van der Waals surface area contributed by atoms with Crippen molar-refractivity contribution in [1.82, 2.24) is 14.9 Å². The summed E-state index contributed by atoms with van der Waals surface area (Å²) in [7, 11) is -3.69. The lowest BCUT2D eigenvalue weighted by atomic mass is 10.1. The molecule has 0 saturated carbocycles. The number of nitrogens with one attached hydrogen (secondary N) is 1. The number of hydrogen-bond donors (Lipinski definition) is 2. The van der Waals surface area contributed by atoms with Gasteiger partial charge >= 0.3 is 0 Å². The Bertz CT molecular complexity index is 1010. The first kappa shape index (κ1) is 18.3. The van der Waals surface area contributed by atoms with E-state index in [1.54, 1.807) is 12.1 Å². The van der Waals surface area contributed by atoms with Crippen LogP contribution in [0.2, 0.25) is 0 Å². The maximum absolute atomic E-state index is 12.4. The number of hydrogen-bond acceptors (Lipinski definition) is 5. The van der Waals surface area contributed by atoms with Crippen molar-refractivity contribution < 1.29 is 13.2 Å². The van der Waals surface area contributed by atoms with Crippen molar-refractivity contribution in [2.75, 3.05) is 6.54 Å². The molecule has 9 heteroatoms. The molecule has 2 aromatic heterocycles. The first-order chi connectivity index (χ1) is 12.3. The molecule has 0 aliphatic rings. The van der Waals surface area contributed by atoms with Gasteiger partial charge in [-0.1, -0.05) is 23.5 Å². The van der Waals surface area contributed by atoms with E-state index in [4.69, 9.17) is 5.14 Å². The van der Waals surface area contributed by atoms with E-state index in [-0.39, 0.29) is 10.8 Å².